The zero-order chi connectivity index (χ0) is 15.2. The number of piperidine rings is 1. The van der Waals surface area contributed by atoms with Crippen LogP contribution in [-0.2, 0) is 4.74 Å². The van der Waals surface area contributed by atoms with Crippen LogP contribution >= 0.6 is 11.8 Å². The van der Waals surface area contributed by atoms with Gasteiger partial charge in [0.2, 0.25) is 0 Å². The van der Waals surface area contributed by atoms with Gasteiger partial charge in [0.15, 0.2) is 5.16 Å². The summed E-state index contributed by atoms with van der Waals surface area (Å²) in [7, 11) is 1.80. The van der Waals surface area contributed by atoms with E-state index in [1.165, 1.54) is 0 Å². The van der Waals surface area contributed by atoms with Gasteiger partial charge in [0, 0.05) is 32.8 Å². The molecule has 118 valence electrons. The number of methoxy groups -OCH3 is 1. The largest absolute Gasteiger partial charge is 0.379 e. The molecule has 0 aliphatic carbocycles. The van der Waals surface area contributed by atoms with Crippen molar-refractivity contribution < 1.29 is 4.74 Å². The van der Waals surface area contributed by atoms with Crippen molar-refractivity contribution in [3.05, 3.63) is 6.07 Å². The number of nitrogens with zero attached hydrogens (tertiary/aromatic N) is 3. The second-order valence-corrected chi connectivity index (χ2v) is 6.28. The first-order chi connectivity index (χ1) is 10.2. The molecule has 6 heteroatoms. The molecule has 1 aromatic rings. The summed E-state index contributed by atoms with van der Waals surface area (Å²) in [6, 6.07) is 2.05. The van der Waals surface area contributed by atoms with Gasteiger partial charge in [0.05, 0.1) is 6.10 Å². The molecule has 2 atom stereocenters. The zero-order valence-corrected chi connectivity index (χ0v) is 14.2. The quantitative estimate of drug-likeness (QED) is 0.644. The van der Waals surface area contributed by atoms with E-state index < -0.39 is 0 Å². The average molecular weight is 310 g/mol. The van der Waals surface area contributed by atoms with Crippen LogP contribution in [0.15, 0.2) is 11.2 Å². The molecule has 0 aromatic carbocycles. The van der Waals surface area contributed by atoms with Gasteiger partial charge < -0.3 is 15.0 Å². The van der Waals surface area contributed by atoms with Crippen molar-refractivity contribution in [1.82, 2.24) is 9.97 Å². The number of thioether (sulfide) groups is 1. The number of anilines is 2. The summed E-state index contributed by atoms with van der Waals surface area (Å²) in [5, 5.41) is 4.18. The van der Waals surface area contributed by atoms with Gasteiger partial charge in [0.25, 0.3) is 0 Å². The van der Waals surface area contributed by atoms with E-state index >= 15 is 0 Å². The van der Waals surface area contributed by atoms with E-state index in [4.69, 9.17) is 4.74 Å². The first-order valence-electron chi connectivity index (χ1n) is 7.62. The fourth-order valence-electron chi connectivity index (χ4n) is 2.56. The van der Waals surface area contributed by atoms with Crippen molar-refractivity contribution in [3.8, 4) is 0 Å². The third kappa shape index (κ3) is 4.23. The lowest BCUT2D eigenvalue weighted by atomic mass is 9.96. The minimum atomic E-state index is 0.276. The van der Waals surface area contributed by atoms with Crippen LogP contribution in [-0.4, -0.2) is 49.1 Å². The average Bonchev–Trinajstić information content (AvgIpc) is 2.53. The van der Waals surface area contributed by atoms with E-state index in [9.17, 15) is 0 Å². The van der Waals surface area contributed by atoms with Crippen LogP contribution in [0.4, 0.5) is 11.6 Å². The van der Waals surface area contributed by atoms with Crippen LogP contribution < -0.4 is 10.2 Å². The Hall–Kier alpha value is -1.01. The fourth-order valence-corrected chi connectivity index (χ4v) is 2.93. The first kappa shape index (κ1) is 16.4. The molecule has 0 saturated carbocycles. The first-order valence-corrected chi connectivity index (χ1v) is 8.85. The van der Waals surface area contributed by atoms with Gasteiger partial charge in [-0.3, -0.25) is 0 Å². The highest BCUT2D eigenvalue weighted by molar-refractivity contribution is 7.98. The molecule has 21 heavy (non-hydrogen) atoms. The van der Waals surface area contributed by atoms with Gasteiger partial charge in [-0.25, -0.2) is 9.97 Å². The molecule has 0 spiro atoms. The van der Waals surface area contributed by atoms with Crippen molar-refractivity contribution in [2.24, 2.45) is 5.92 Å². The van der Waals surface area contributed by atoms with Crippen LogP contribution in [0.5, 0.6) is 0 Å². The van der Waals surface area contributed by atoms with Crippen molar-refractivity contribution in [3.63, 3.8) is 0 Å². The van der Waals surface area contributed by atoms with Crippen molar-refractivity contribution in [2.75, 3.05) is 43.2 Å². The molecule has 1 fully saturated rings. The molecule has 1 saturated heterocycles. The Morgan fingerprint density at radius 3 is 2.95 bits per heavy atom. The maximum Gasteiger partial charge on any atom is 0.191 e. The molecule has 1 aromatic heterocycles. The smallest absolute Gasteiger partial charge is 0.191 e. The van der Waals surface area contributed by atoms with Gasteiger partial charge in [-0.2, -0.15) is 0 Å². The van der Waals surface area contributed by atoms with E-state index in [0.29, 0.717) is 5.92 Å². The molecule has 2 rings (SSSR count). The molecular formula is C15H26N4OS. The molecular weight excluding hydrogens is 284 g/mol. The van der Waals surface area contributed by atoms with Crippen LogP contribution in [0.25, 0.3) is 0 Å². The Labute approximate surface area is 131 Å². The van der Waals surface area contributed by atoms with Gasteiger partial charge in [-0.05, 0) is 25.0 Å². The van der Waals surface area contributed by atoms with E-state index in [2.05, 4.69) is 40.1 Å². The van der Waals surface area contributed by atoms with E-state index in [0.717, 1.165) is 49.3 Å². The highest BCUT2D eigenvalue weighted by Gasteiger charge is 2.27. The Morgan fingerprint density at radius 1 is 1.48 bits per heavy atom. The van der Waals surface area contributed by atoms with Crippen molar-refractivity contribution in [1.29, 1.82) is 0 Å². The zero-order valence-electron chi connectivity index (χ0n) is 13.4. The maximum atomic E-state index is 5.60. The molecule has 1 aliphatic rings. The summed E-state index contributed by atoms with van der Waals surface area (Å²) >= 11 is 1.58. The van der Waals surface area contributed by atoms with Gasteiger partial charge in [0.1, 0.15) is 11.6 Å². The Morgan fingerprint density at radius 2 is 2.29 bits per heavy atom. The molecule has 2 heterocycles. The Balaban J connectivity index is 2.17. The predicted molar refractivity (Wildman–Crippen MR) is 89.4 cm³/mol. The lowest BCUT2D eigenvalue weighted by Crippen LogP contribution is -2.44. The lowest BCUT2D eigenvalue weighted by Gasteiger charge is -2.37. The molecule has 2 unspecified atom stereocenters. The number of nitrogens with one attached hydrogen (secondary N) is 1. The predicted octanol–water partition coefficient (Wildman–Crippen LogP) is 2.88. The van der Waals surface area contributed by atoms with E-state index in [1.807, 2.05) is 6.26 Å². The summed E-state index contributed by atoms with van der Waals surface area (Å²) in [4.78, 5) is 11.5. The molecule has 5 nitrogen and oxygen atoms in total. The lowest BCUT2D eigenvalue weighted by molar-refractivity contribution is 0.0496. The Kier molecular flexibility index (Phi) is 6.11. The molecule has 0 bridgehead atoms. The van der Waals surface area contributed by atoms with Crippen molar-refractivity contribution >= 4 is 23.4 Å². The van der Waals surface area contributed by atoms with E-state index in [1.54, 1.807) is 18.9 Å². The minimum absolute atomic E-state index is 0.276. The highest BCUT2D eigenvalue weighted by Crippen LogP contribution is 2.26. The van der Waals surface area contributed by atoms with E-state index in [-0.39, 0.29) is 6.10 Å². The van der Waals surface area contributed by atoms with Crippen molar-refractivity contribution in [2.45, 2.75) is 37.9 Å². The van der Waals surface area contributed by atoms with Gasteiger partial charge >= 0.3 is 0 Å². The van der Waals surface area contributed by atoms with Crippen LogP contribution in [0.1, 0.15) is 26.7 Å². The van der Waals surface area contributed by atoms with Gasteiger partial charge in [-0.15, -0.1) is 0 Å². The monoisotopic (exact) mass is 310 g/mol. The highest BCUT2D eigenvalue weighted by atomic mass is 32.2. The fraction of sp³-hybridized carbons (Fsp3) is 0.733. The summed E-state index contributed by atoms with van der Waals surface area (Å²) in [5.74, 6) is 2.52. The SMILES string of the molecule is CCCNc1cc(N2CCC(C)C(OC)C2)nc(SC)n1. The third-order valence-corrected chi connectivity index (χ3v) is 4.49. The molecule has 1 N–H and O–H groups in total. The summed E-state index contributed by atoms with van der Waals surface area (Å²) in [5.41, 5.74) is 0. The number of ether oxygens (including phenoxy) is 1. The van der Waals surface area contributed by atoms with Gasteiger partial charge in [-0.1, -0.05) is 25.6 Å². The van der Waals surface area contributed by atoms with Crippen LogP contribution in [0.2, 0.25) is 0 Å². The molecule has 1 aliphatic heterocycles. The summed E-state index contributed by atoms with van der Waals surface area (Å²) in [6.07, 6.45) is 4.51. The second kappa shape index (κ2) is 7.84. The third-order valence-electron chi connectivity index (χ3n) is 3.95. The van der Waals surface area contributed by atoms with Crippen LogP contribution in [0.3, 0.4) is 0 Å². The second-order valence-electron chi connectivity index (χ2n) is 5.51. The molecule has 0 amide bonds. The topological polar surface area (TPSA) is 50.3 Å². The van der Waals surface area contributed by atoms with Crippen LogP contribution in [0, 0.1) is 5.92 Å². The number of hydrogen-bond acceptors (Lipinski definition) is 6. The number of rotatable bonds is 6. The molecule has 0 radical (unpaired) electrons. The number of aromatic nitrogens is 2. The normalized spacial score (nSPS) is 22.4. The standard InChI is InChI=1S/C15H26N4OS/c1-5-7-16-13-9-14(18-15(17-13)21-4)19-8-6-11(2)12(10-19)20-3/h9,11-12H,5-8,10H2,1-4H3,(H,16,17,18). The maximum absolute atomic E-state index is 5.60. The summed E-state index contributed by atoms with van der Waals surface area (Å²) < 4.78 is 5.60. The Bertz CT molecular complexity index is 457. The summed E-state index contributed by atoms with van der Waals surface area (Å²) in [6.45, 7) is 7.27. The number of hydrogen-bond donors (Lipinski definition) is 1. The minimum Gasteiger partial charge on any atom is -0.379 e.